The summed E-state index contributed by atoms with van der Waals surface area (Å²) in [5, 5.41) is 9.97. The van der Waals surface area contributed by atoms with E-state index in [1.807, 2.05) is 31.2 Å². The Bertz CT molecular complexity index is 362. The molecule has 0 saturated heterocycles. The summed E-state index contributed by atoms with van der Waals surface area (Å²) in [5.74, 6) is 0.842. The van der Waals surface area contributed by atoms with E-state index in [1.54, 1.807) is 0 Å². The van der Waals surface area contributed by atoms with Gasteiger partial charge in [0.15, 0.2) is 0 Å². The van der Waals surface area contributed by atoms with Crippen molar-refractivity contribution >= 4 is 0 Å². The highest BCUT2D eigenvalue weighted by Crippen LogP contribution is 2.27. The van der Waals surface area contributed by atoms with Gasteiger partial charge in [0.1, 0.15) is 5.75 Å². The van der Waals surface area contributed by atoms with Gasteiger partial charge in [-0.15, -0.1) is 0 Å². The summed E-state index contributed by atoms with van der Waals surface area (Å²) in [7, 11) is 0. The number of hydrogen-bond donors (Lipinski definition) is 1. The van der Waals surface area contributed by atoms with Crippen molar-refractivity contribution in [2.24, 2.45) is 0 Å². The largest absolute Gasteiger partial charge is 0.493 e. The minimum absolute atomic E-state index is 0.417. The molecule has 0 saturated carbocycles. The molecule has 0 aliphatic rings. The Hall–Kier alpha value is -1.02. The van der Waals surface area contributed by atoms with Crippen LogP contribution in [0.25, 0.3) is 0 Å². The zero-order chi connectivity index (χ0) is 15.3. The van der Waals surface area contributed by atoms with Crippen molar-refractivity contribution in [2.75, 3.05) is 6.61 Å². The molecule has 0 spiro atoms. The second kappa shape index (κ2) is 11.6. The molecule has 0 bridgehead atoms. The number of unbranched alkanes of at least 4 members (excludes halogenated alkanes) is 7. The maximum Gasteiger partial charge on any atom is 0.125 e. The van der Waals surface area contributed by atoms with Gasteiger partial charge in [-0.25, -0.2) is 0 Å². The summed E-state index contributed by atoms with van der Waals surface area (Å²) in [6.45, 7) is 4.99. The van der Waals surface area contributed by atoms with Crippen LogP contribution in [0.3, 0.4) is 0 Å². The van der Waals surface area contributed by atoms with Crippen LogP contribution in [0.2, 0.25) is 0 Å². The molecule has 2 nitrogen and oxygen atoms in total. The molecular formula is C19H32O2. The van der Waals surface area contributed by atoms with Crippen LogP contribution in [0, 0.1) is 0 Å². The number of benzene rings is 1. The summed E-state index contributed by atoms with van der Waals surface area (Å²) in [4.78, 5) is 0. The lowest BCUT2D eigenvalue weighted by Crippen LogP contribution is -2.03. The molecule has 0 radical (unpaired) electrons. The third-order valence-electron chi connectivity index (χ3n) is 3.92. The Morgan fingerprint density at radius 1 is 0.905 bits per heavy atom. The van der Waals surface area contributed by atoms with Gasteiger partial charge in [0.05, 0.1) is 12.7 Å². The van der Waals surface area contributed by atoms with Gasteiger partial charge in [-0.3, -0.25) is 0 Å². The molecule has 1 unspecified atom stereocenters. The third-order valence-corrected chi connectivity index (χ3v) is 3.92. The van der Waals surface area contributed by atoms with Gasteiger partial charge < -0.3 is 9.84 Å². The molecule has 1 aromatic carbocycles. The fourth-order valence-corrected chi connectivity index (χ4v) is 2.53. The highest BCUT2D eigenvalue weighted by molar-refractivity contribution is 5.34. The van der Waals surface area contributed by atoms with Gasteiger partial charge >= 0.3 is 0 Å². The molecular weight excluding hydrogens is 260 g/mol. The molecule has 0 aliphatic carbocycles. The van der Waals surface area contributed by atoms with Crippen molar-refractivity contribution < 1.29 is 9.84 Å². The minimum atomic E-state index is -0.417. The summed E-state index contributed by atoms with van der Waals surface area (Å²) < 4.78 is 5.85. The quantitative estimate of drug-likeness (QED) is 0.504. The fourth-order valence-electron chi connectivity index (χ4n) is 2.53. The topological polar surface area (TPSA) is 29.5 Å². The molecule has 0 heterocycles. The lowest BCUT2D eigenvalue weighted by atomic mass is 10.1. The van der Waals surface area contributed by atoms with Crippen LogP contribution < -0.4 is 4.74 Å². The first-order valence-electron chi connectivity index (χ1n) is 8.69. The second-order valence-electron chi connectivity index (χ2n) is 5.79. The number of aliphatic hydroxyl groups excluding tert-OH is 1. The van der Waals surface area contributed by atoms with Gasteiger partial charge in [-0.05, 0) is 18.9 Å². The zero-order valence-corrected chi connectivity index (χ0v) is 13.8. The number of hydrogen-bond acceptors (Lipinski definition) is 2. The van der Waals surface area contributed by atoms with Crippen molar-refractivity contribution in [1.29, 1.82) is 0 Å². The number of ether oxygens (including phenoxy) is 1. The Balaban J connectivity index is 2.15. The van der Waals surface area contributed by atoms with E-state index < -0.39 is 6.10 Å². The van der Waals surface area contributed by atoms with E-state index in [0.717, 1.165) is 30.8 Å². The number of para-hydroxylation sites is 1. The predicted octanol–water partition coefficient (Wildman–Crippen LogP) is 5.65. The number of rotatable bonds is 12. The average molecular weight is 292 g/mol. The average Bonchev–Trinajstić information content (AvgIpc) is 2.53. The third kappa shape index (κ3) is 7.52. The maximum atomic E-state index is 9.97. The molecule has 2 heteroatoms. The van der Waals surface area contributed by atoms with Crippen molar-refractivity contribution in [3.05, 3.63) is 29.8 Å². The number of aliphatic hydroxyl groups is 1. The Morgan fingerprint density at radius 3 is 2.19 bits per heavy atom. The van der Waals surface area contributed by atoms with E-state index in [4.69, 9.17) is 4.74 Å². The molecule has 1 atom stereocenters. The van der Waals surface area contributed by atoms with Crippen molar-refractivity contribution in [3.8, 4) is 5.75 Å². The van der Waals surface area contributed by atoms with Gasteiger partial charge in [-0.2, -0.15) is 0 Å². The van der Waals surface area contributed by atoms with Crippen molar-refractivity contribution in [2.45, 2.75) is 77.7 Å². The Kier molecular flexibility index (Phi) is 9.98. The van der Waals surface area contributed by atoms with Crippen LogP contribution in [0.4, 0.5) is 0 Å². The van der Waals surface area contributed by atoms with E-state index >= 15 is 0 Å². The standard InChI is InChI=1S/C19H32O2/c1-3-5-6-7-8-9-10-13-16-21-19-15-12-11-14-17(19)18(20)4-2/h11-12,14-15,18,20H,3-10,13,16H2,1-2H3. The van der Waals surface area contributed by atoms with E-state index in [9.17, 15) is 5.11 Å². The molecule has 0 amide bonds. The van der Waals surface area contributed by atoms with Crippen LogP contribution in [0.15, 0.2) is 24.3 Å². The first-order chi connectivity index (χ1) is 10.3. The second-order valence-corrected chi connectivity index (χ2v) is 5.79. The summed E-state index contributed by atoms with van der Waals surface area (Å²) in [6.07, 6.45) is 10.8. The first-order valence-corrected chi connectivity index (χ1v) is 8.69. The van der Waals surface area contributed by atoms with Crippen LogP contribution >= 0.6 is 0 Å². The summed E-state index contributed by atoms with van der Waals surface area (Å²) >= 11 is 0. The van der Waals surface area contributed by atoms with Gasteiger partial charge in [-0.1, -0.05) is 77.0 Å². The van der Waals surface area contributed by atoms with Crippen LogP contribution in [-0.2, 0) is 0 Å². The van der Waals surface area contributed by atoms with Gasteiger partial charge in [0.2, 0.25) is 0 Å². The highest BCUT2D eigenvalue weighted by atomic mass is 16.5. The van der Waals surface area contributed by atoms with Gasteiger partial charge in [0.25, 0.3) is 0 Å². The Labute approximate surface area is 130 Å². The molecule has 0 aliphatic heterocycles. The monoisotopic (exact) mass is 292 g/mol. The maximum absolute atomic E-state index is 9.97. The Morgan fingerprint density at radius 2 is 1.52 bits per heavy atom. The molecule has 0 fully saturated rings. The van der Waals surface area contributed by atoms with Gasteiger partial charge in [0, 0.05) is 5.56 Å². The lowest BCUT2D eigenvalue weighted by molar-refractivity contribution is 0.167. The predicted molar refractivity (Wildman–Crippen MR) is 89.8 cm³/mol. The van der Waals surface area contributed by atoms with E-state index in [-0.39, 0.29) is 0 Å². The molecule has 1 N–H and O–H groups in total. The van der Waals surface area contributed by atoms with Crippen molar-refractivity contribution in [1.82, 2.24) is 0 Å². The molecule has 21 heavy (non-hydrogen) atoms. The van der Waals surface area contributed by atoms with Crippen molar-refractivity contribution in [3.63, 3.8) is 0 Å². The van der Waals surface area contributed by atoms with Crippen LogP contribution in [0.5, 0.6) is 5.75 Å². The van der Waals surface area contributed by atoms with E-state index in [0.29, 0.717) is 0 Å². The van der Waals surface area contributed by atoms with E-state index in [1.165, 1.54) is 44.9 Å². The normalized spacial score (nSPS) is 12.3. The smallest absolute Gasteiger partial charge is 0.125 e. The molecule has 1 aromatic rings. The summed E-state index contributed by atoms with van der Waals surface area (Å²) in [5.41, 5.74) is 0.916. The molecule has 0 aromatic heterocycles. The molecule has 120 valence electrons. The first kappa shape index (κ1) is 18.0. The summed E-state index contributed by atoms with van der Waals surface area (Å²) in [6, 6.07) is 7.84. The molecule has 1 rings (SSSR count). The minimum Gasteiger partial charge on any atom is -0.493 e. The lowest BCUT2D eigenvalue weighted by Gasteiger charge is -2.14. The van der Waals surface area contributed by atoms with Crippen LogP contribution in [0.1, 0.15) is 83.3 Å². The highest BCUT2D eigenvalue weighted by Gasteiger charge is 2.10. The SMILES string of the molecule is CCCCCCCCCCOc1ccccc1C(O)CC. The fraction of sp³-hybridized carbons (Fsp3) is 0.684. The zero-order valence-electron chi connectivity index (χ0n) is 13.8. The van der Waals surface area contributed by atoms with Crippen LogP contribution in [-0.4, -0.2) is 11.7 Å². The van der Waals surface area contributed by atoms with E-state index in [2.05, 4.69) is 6.92 Å².